The van der Waals surface area contributed by atoms with Gasteiger partial charge in [-0.15, -0.1) is 0 Å². The summed E-state index contributed by atoms with van der Waals surface area (Å²) in [4.78, 5) is 0. The summed E-state index contributed by atoms with van der Waals surface area (Å²) in [5.74, 6) is 0. The van der Waals surface area contributed by atoms with Crippen LogP contribution in [0.15, 0.2) is 0 Å². The van der Waals surface area contributed by atoms with Gasteiger partial charge in [-0.25, -0.2) is 4.57 Å². The van der Waals surface area contributed by atoms with E-state index in [1.54, 1.807) is 0 Å². The van der Waals surface area contributed by atoms with E-state index in [0.29, 0.717) is 6.61 Å². The molecule has 1 fully saturated rings. The van der Waals surface area contributed by atoms with Gasteiger partial charge < -0.3 is 30.9 Å². The molecule has 40 heavy (non-hydrogen) atoms. The van der Waals surface area contributed by atoms with Gasteiger partial charge in [-0.2, -0.15) is 0 Å². The lowest BCUT2D eigenvalue weighted by Crippen LogP contribution is -2.66. The van der Waals surface area contributed by atoms with Crippen molar-refractivity contribution in [3.63, 3.8) is 0 Å². The predicted octanol–water partition coefficient (Wildman–Crippen LogP) is 8.05. The van der Waals surface area contributed by atoms with Crippen LogP contribution in [0.4, 0.5) is 0 Å². The Morgan fingerprint density at radius 2 is 0.900 bits per heavy atom. The Kier molecular flexibility index (Phi) is 13.4. The van der Waals surface area contributed by atoms with E-state index in [9.17, 15) is 4.57 Å². The highest BCUT2D eigenvalue weighted by atomic mass is 31.2. The standard InChI is InChI=1S/C24H61O9PSi6/c1-35(2,3)26-19-20-21(29-36(4,5)6)22(30-37(7,8)9)23(31-38(10,11)12)24(27-20)28-34(25,32-39(13,14)15)33-40(16,17)18/h20-24H,19H2,1-18H3. The van der Waals surface area contributed by atoms with Crippen molar-refractivity contribution in [2.75, 3.05) is 6.61 Å². The molecule has 1 aliphatic rings. The quantitative estimate of drug-likeness (QED) is 0.125. The van der Waals surface area contributed by atoms with Crippen molar-refractivity contribution in [1.82, 2.24) is 0 Å². The third-order valence-corrected chi connectivity index (χ3v) is 15.4. The van der Waals surface area contributed by atoms with Gasteiger partial charge in [0, 0.05) is 0 Å². The third-order valence-electron chi connectivity index (χ3n) is 4.75. The fraction of sp³-hybridized carbons (Fsp3) is 1.00. The van der Waals surface area contributed by atoms with Crippen molar-refractivity contribution in [3.05, 3.63) is 0 Å². The fourth-order valence-electron chi connectivity index (χ4n) is 3.92. The largest absolute Gasteiger partial charge is 0.457 e. The van der Waals surface area contributed by atoms with Gasteiger partial charge in [-0.05, 0) is 118 Å². The van der Waals surface area contributed by atoms with Gasteiger partial charge in [0.25, 0.3) is 0 Å². The Balaban J connectivity index is 3.77. The van der Waals surface area contributed by atoms with Crippen LogP contribution in [0.5, 0.6) is 0 Å². The molecule has 0 amide bonds. The van der Waals surface area contributed by atoms with Crippen LogP contribution in [0.3, 0.4) is 0 Å². The second-order valence-electron chi connectivity index (χ2n) is 16.5. The molecule has 9 nitrogen and oxygen atoms in total. The maximum Gasteiger partial charge on any atom is 0.457 e. The highest BCUT2D eigenvalue weighted by Crippen LogP contribution is 2.56. The maximum atomic E-state index is 14.3. The number of phosphoric acid groups is 1. The molecule has 0 aromatic heterocycles. The second kappa shape index (κ2) is 13.7. The molecule has 0 saturated carbocycles. The van der Waals surface area contributed by atoms with Gasteiger partial charge in [0.15, 0.2) is 56.2 Å². The van der Waals surface area contributed by atoms with E-state index in [-0.39, 0.29) is 0 Å². The van der Waals surface area contributed by atoms with Crippen LogP contribution in [-0.2, 0) is 40.0 Å². The second-order valence-corrected chi connectivity index (χ2v) is 45.4. The van der Waals surface area contributed by atoms with Crippen molar-refractivity contribution >= 4 is 57.7 Å². The molecule has 1 aliphatic heterocycles. The SMILES string of the molecule is C[Si](C)(C)OCC1OC(OP(=O)(O[Si](C)(C)C)O[Si](C)(C)C)C(O[Si](C)(C)C)C(O[Si](C)(C)C)C1O[Si](C)(C)C. The number of rotatable bonds is 15. The topological polar surface area (TPSA) is 90.9 Å². The van der Waals surface area contributed by atoms with Crippen molar-refractivity contribution < 1.29 is 40.0 Å². The lowest BCUT2D eigenvalue weighted by molar-refractivity contribution is -0.268. The highest BCUT2D eigenvalue weighted by Gasteiger charge is 2.55. The first-order valence-corrected chi connectivity index (χ1v) is 36.3. The van der Waals surface area contributed by atoms with Crippen molar-refractivity contribution in [2.24, 2.45) is 0 Å². The van der Waals surface area contributed by atoms with Crippen LogP contribution in [0.2, 0.25) is 118 Å². The Labute approximate surface area is 252 Å². The molecule has 1 saturated heterocycles. The first kappa shape index (κ1) is 39.2. The molecule has 0 radical (unpaired) electrons. The Hall–Kier alpha value is 1.21. The van der Waals surface area contributed by atoms with Crippen LogP contribution >= 0.6 is 7.82 Å². The maximum absolute atomic E-state index is 14.3. The summed E-state index contributed by atoms with van der Waals surface area (Å²) in [6, 6.07) is 0. The van der Waals surface area contributed by atoms with Crippen molar-refractivity contribution in [2.45, 2.75) is 149 Å². The summed E-state index contributed by atoms with van der Waals surface area (Å²) in [5, 5.41) is 0. The van der Waals surface area contributed by atoms with Gasteiger partial charge >= 0.3 is 7.82 Å². The average molecular weight is 693 g/mol. The normalized spacial score (nSPS) is 26.3. The zero-order valence-electron chi connectivity index (χ0n) is 28.7. The summed E-state index contributed by atoms with van der Waals surface area (Å²) in [7, 11) is -17.0. The van der Waals surface area contributed by atoms with Gasteiger partial charge in [0.1, 0.15) is 24.4 Å². The summed E-state index contributed by atoms with van der Waals surface area (Å²) < 4.78 is 66.5. The zero-order chi connectivity index (χ0) is 31.8. The summed E-state index contributed by atoms with van der Waals surface area (Å²) in [5.41, 5.74) is 0. The summed E-state index contributed by atoms with van der Waals surface area (Å²) in [6.45, 7) is 37.8. The monoisotopic (exact) mass is 692 g/mol. The lowest BCUT2D eigenvalue weighted by Gasteiger charge is -2.51. The molecule has 240 valence electrons. The smallest absolute Gasteiger partial charge is 0.415 e. The summed E-state index contributed by atoms with van der Waals surface area (Å²) >= 11 is 0. The minimum atomic E-state index is -4.02. The van der Waals surface area contributed by atoms with Gasteiger partial charge in [-0.3, -0.25) is 4.52 Å². The molecule has 5 unspecified atom stereocenters. The van der Waals surface area contributed by atoms with E-state index >= 15 is 0 Å². The molecular weight excluding hydrogens is 632 g/mol. The average Bonchev–Trinajstić information content (AvgIpc) is 2.58. The Bertz CT molecular complexity index is 834. The van der Waals surface area contributed by atoms with E-state index in [1.807, 2.05) is 39.3 Å². The molecular formula is C24H61O9PSi6. The molecule has 0 N–H and O–H groups in total. The van der Waals surface area contributed by atoms with E-state index in [0.717, 1.165) is 0 Å². The highest BCUT2D eigenvalue weighted by molar-refractivity contribution is 7.52. The molecule has 0 spiro atoms. The van der Waals surface area contributed by atoms with Gasteiger partial charge in [0.2, 0.25) is 0 Å². The molecule has 16 heteroatoms. The lowest BCUT2D eigenvalue weighted by atomic mass is 9.99. The Morgan fingerprint density at radius 1 is 0.525 bits per heavy atom. The number of hydrogen-bond acceptors (Lipinski definition) is 9. The third kappa shape index (κ3) is 16.3. The molecule has 0 aromatic carbocycles. The van der Waals surface area contributed by atoms with Crippen LogP contribution in [0.25, 0.3) is 0 Å². The molecule has 0 bridgehead atoms. The minimum absolute atomic E-state index is 0.310. The molecule has 1 heterocycles. The van der Waals surface area contributed by atoms with Crippen LogP contribution in [0.1, 0.15) is 0 Å². The first-order valence-electron chi connectivity index (χ1n) is 14.4. The predicted molar refractivity (Wildman–Crippen MR) is 180 cm³/mol. The number of ether oxygens (including phenoxy) is 1. The van der Waals surface area contributed by atoms with E-state index in [4.69, 9.17) is 35.4 Å². The minimum Gasteiger partial charge on any atom is -0.415 e. The van der Waals surface area contributed by atoms with Crippen molar-refractivity contribution in [1.29, 1.82) is 0 Å². The van der Waals surface area contributed by atoms with Crippen molar-refractivity contribution in [3.8, 4) is 0 Å². The van der Waals surface area contributed by atoms with Crippen LogP contribution in [0, 0.1) is 0 Å². The Morgan fingerprint density at radius 3 is 1.25 bits per heavy atom. The fourth-order valence-corrected chi connectivity index (χ4v) is 14.4. The van der Waals surface area contributed by atoms with Gasteiger partial charge in [-0.1, -0.05) is 0 Å². The van der Waals surface area contributed by atoms with E-state index in [2.05, 4.69) is 78.6 Å². The molecule has 5 atom stereocenters. The number of hydrogen-bond donors (Lipinski definition) is 0. The first-order chi connectivity index (χ1) is 17.4. The van der Waals surface area contributed by atoms with Gasteiger partial charge in [0.05, 0.1) is 6.61 Å². The summed E-state index contributed by atoms with van der Waals surface area (Å²) in [6.07, 6.45) is -3.20. The van der Waals surface area contributed by atoms with E-state index in [1.165, 1.54) is 0 Å². The van der Waals surface area contributed by atoms with Crippen LogP contribution in [-0.4, -0.2) is 87.2 Å². The zero-order valence-corrected chi connectivity index (χ0v) is 35.6. The molecule has 0 aromatic rings. The van der Waals surface area contributed by atoms with Crippen LogP contribution < -0.4 is 0 Å². The molecule has 1 rings (SSSR count). The van der Waals surface area contributed by atoms with E-state index < -0.39 is 88.4 Å². The molecule has 0 aliphatic carbocycles.